The van der Waals surface area contributed by atoms with E-state index in [2.05, 4.69) is 54.2 Å². The molecule has 0 fully saturated rings. The van der Waals surface area contributed by atoms with Gasteiger partial charge < -0.3 is 4.90 Å². The average molecular weight is 275 g/mol. The highest BCUT2D eigenvalue weighted by atomic mass is 35.5. The number of benzene rings is 1. The van der Waals surface area contributed by atoms with Crippen molar-refractivity contribution in [1.82, 2.24) is 4.98 Å². The van der Waals surface area contributed by atoms with E-state index in [0.717, 1.165) is 23.6 Å². The fraction of sp³-hybridized carbons (Fsp3) is 0.312. The van der Waals surface area contributed by atoms with Crippen LogP contribution in [0, 0.1) is 13.8 Å². The van der Waals surface area contributed by atoms with Gasteiger partial charge in [0.25, 0.3) is 0 Å². The van der Waals surface area contributed by atoms with Gasteiger partial charge >= 0.3 is 0 Å². The summed E-state index contributed by atoms with van der Waals surface area (Å²) in [5.41, 5.74) is 4.67. The summed E-state index contributed by atoms with van der Waals surface area (Å²) in [5.74, 6) is 1.49. The first-order chi connectivity index (χ1) is 9.10. The number of aromatic nitrogens is 1. The number of alkyl halides is 1. The summed E-state index contributed by atoms with van der Waals surface area (Å²) in [4.78, 5) is 6.75. The highest BCUT2D eigenvalue weighted by molar-refractivity contribution is 6.17. The predicted octanol–water partition coefficient (Wildman–Crippen LogP) is 4.07. The summed E-state index contributed by atoms with van der Waals surface area (Å²) in [6.45, 7) is 4.96. The van der Waals surface area contributed by atoms with Crippen LogP contribution >= 0.6 is 11.6 Å². The first-order valence-electron chi connectivity index (χ1n) is 6.39. The molecule has 0 amide bonds. The lowest BCUT2D eigenvalue weighted by molar-refractivity contribution is 0.889. The molecule has 1 aromatic carbocycles. The minimum absolute atomic E-state index is 0.515. The molecule has 0 atom stereocenters. The number of anilines is 1. The van der Waals surface area contributed by atoms with Crippen LogP contribution in [0.2, 0.25) is 0 Å². The molecule has 0 aliphatic rings. The van der Waals surface area contributed by atoms with Crippen LogP contribution < -0.4 is 4.90 Å². The molecule has 0 radical (unpaired) electrons. The van der Waals surface area contributed by atoms with Crippen molar-refractivity contribution < 1.29 is 0 Å². The van der Waals surface area contributed by atoms with Crippen LogP contribution in [0.5, 0.6) is 0 Å². The molecule has 100 valence electrons. The summed E-state index contributed by atoms with van der Waals surface area (Å²) in [7, 11) is 2.06. The summed E-state index contributed by atoms with van der Waals surface area (Å²) in [6, 6.07) is 12.7. The van der Waals surface area contributed by atoms with E-state index in [0.29, 0.717) is 5.88 Å². The van der Waals surface area contributed by atoms with E-state index in [1.165, 1.54) is 11.1 Å². The molecule has 0 bridgehead atoms. The lowest BCUT2D eigenvalue weighted by atomic mass is 10.1. The minimum atomic E-state index is 0.515. The molecule has 0 unspecified atom stereocenters. The number of aryl methyl sites for hydroxylation is 2. The Morgan fingerprint density at radius 1 is 1.05 bits per heavy atom. The SMILES string of the molecule is Cc1ccc(CN(C)c2ccc(CCl)c(C)n2)cc1. The topological polar surface area (TPSA) is 16.1 Å². The lowest BCUT2D eigenvalue weighted by Crippen LogP contribution is -2.18. The predicted molar refractivity (Wildman–Crippen MR) is 81.8 cm³/mol. The lowest BCUT2D eigenvalue weighted by Gasteiger charge is -2.19. The van der Waals surface area contributed by atoms with Crippen molar-refractivity contribution in [2.24, 2.45) is 0 Å². The molecule has 0 saturated heterocycles. The zero-order valence-electron chi connectivity index (χ0n) is 11.7. The monoisotopic (exact) mass is 274 g/mol. The Kier molecular flexibility index (Phi) is 4.43. The van der Waals surface area contributed by atoms with Gasteiger partial charge in [-0.2, -0.15) is 0 Å². The van der Waals surface area contributed by atoms with Crippen LogP contribution in [0.1, 0.15) is 22.4 Å². The molecule has 19 heavy (non-hydrogen) atoms. The Morgan fingerprint density at radius 2 is 1.74 bits per heavy atom. The summed E-state index contributed by atoms with van der Waals surface area (Å²) in [5, 5.41) is 0. The second kappa shape index (κ2) is 6.07. The van der Waals surface area contributed by atoms with Crippen LogP contribution in [0.4, 0.5) is 5.82 Å². The van der Waals surface area contributed by atoms with Gasteiger partial charge in [-0.1, -0.05) is 35.9 Å². The van der Waals surface area contributed by atoms with Gasteiger partial charge in [-0.15, -0.1) is 11.6 Å². The fourth-order valence-corrected chi connectivity index (χ4v) is 2.26. The van der Waals surface area contributed by atoms with Crippen molar-refractivity contribution in [3.8, 4) is 0 Å². The van der Waals surface area contributed by atoms with E-state index in [-0.39, 0.29) is 0 Å². The number of halogens is 1. The van der Waals surface area contributed by atoms with Gasteiger partial charge in [0.2, 0.25) is 0 Å². The van der Waals surface area contributed by atoms with Crippen LogP contribution in [-0.4, -0.2) is 12.0 Å². The third-order valence-corrected chi connectivity index (χ3v) is 3.54. The molecule has 0 aliphatic heterocycles. The molecule has 2 aromatic rings. The quantitative estimate of drug-likeness (QED) is 0.781. The van der Waals surface area contributed by atoms with Gasteiger partial charge in [-0.25, -0.2) is 4.98 Å². The maximum atomic E-state index is 5.86. The first-order valence-corrected chi connectivity index (χ1v) is 6.93. The zero-order chi connectivity index (χ0) is 13.8. The normalized spacial score (nSPS) is 10.5. The molecule has 0 N–H and O–H groups in total. The van der Waals surface area contributed by atoms with Crippen LogP contribution in [0.25, 0.3) is 0 Å². The molecule has 2 nitrogen and oxygen atoms in total. The Labute approximate surface area is 120 Å². The highest BCUT2D eigenvalue weighted by Gasteiger charge is 2.06. The van der Waals surface area contributed by atoms with Crippen molar-refractivity contribution in [2.75, 3.05) is 11.9 Å². The van der Waals surface area contributed by atoms with Crippen molar-refractivity contribution in [3.05, 3.63) is 58.8 Å². The number of hydrogen-bond donors (Lipinski definition) is 0. The number of nitrogens with zero attached hydrogens (tertiary/aromatic N) is 2. The molecular weight excluding hydrogens is 256 g/mol. The zero-order valence-corrected chi connectivity index (χ0v) is 12.4. The van der Waals surface area contributed by atoms with Gasteiger partial charge in [0.05, 0.1) is 0 Å². The van der Waals surface area contributed by atoms with Gasteiger partial charge in [-0.05, 0) is 31.0 Å². The molecule has 0 spiro atoms. The van der Waals surface area contributed by atoms with Gasteiger partial charge in [-0.3, -0.25) is 0 Å². The third kappa shape index (κ3) is 3.48. The van der Waals surface area contributed by atoms with E-state index < -0.39 is 0 Å². The second-order valence-corrected chi connectivity index (χ2v) is 5.16. The Morgan fingerprint density at radius 3 is 2.32 bits per heavy atom. The fourth-order valence-electron chi connectivity index (χ4n) is 1.98. The molecule has 0 aliphatic carbocycles. The standard InChI is InChI=1S/C16H19ClN2/c1-12-4-6-14(7-5-12)11-19(3)16-9-8-15(10-17)13(2)18-16/h4-9H,10-11H2,1-3H3. The van der Waals surface area contributed by atoms with E-state index in [1.807, 2.05) is 13.0 Å². The van der Waals surface area contributed by atoms with Gasteiger partial charge in [0.15, 0.2) is 0 Å². The summed E-state index contributed by atoms with van der Waals surface area (Å²) in [6.07, 6.45) is 0. The smallest absolute Gasteiger partial charge is 0.128 e. The van der Waals surface area contributed by atoms with Crippen molar-refractivity contribution in [3.63, 3.8) is 0 Å². The average Bonchev–Trinajstić information content (AvgIpc) is 2.41. The minimum Gasteiger partial charge on any atom is -0.355 e. The summed E-state index contributed by atoms with van der Waals surface area (Å²) >= 11 is 5.86. The molecule has 2 rings (SSSR count). The highest BCUT2D eigenvalue weighted by Crippen LogP contribution is 2.17. The van der Waals surface area contributed by atoms with E-state index in [9.17, 15) is 0 Å². The first kappa shape index (κ1) is 13.9. The molecular formula is C16H19ClN2. The maximum absolute atomic E-state index is 5.86. The molecule has 3 heteroatoms. The summed E-state index contributed by atoms with van der Waals surface area (Å²) < 4.78 is 0. The van der Waals surface area contributed by atoms with Crippen molar-refractivity contribution in [1.29, 1.82) is 0 Å². The van der Waals surface area contributed by atoms with Crippen LogP contribution in [0.3, 0.4) is 0 Å². The van der Waals surface area contributed by atoms with Crippen LogP contribution in [0.15, 0.2) is 36.4 Å². The molecule has 1 aromatic heterocycles. The number of rotatable bonds is 4. The second-order valence-electron chi connectivity index (χ2n) is 4.89. The Balaban J connectivity index is 2.13. The molecule has 0 saturated carbocycles. The van der Waals surface area contributed by atoms with Gasteiger partial charge in [0, 0.05) is 25.2 Å². The van der Waals surface area contributed by atoms with Crippen molar-refractivity contribution >= 4 is 17.4 Å². The number of pyridine rings is 1. The third-order valence-electron chi connectivity index (χ3n) is 3.26. The van der Waals surface area contributed by atoms with E-state index in [1.54, 1.807) is 0 Å². The van der Waals surface area contributed by atoms with E-state index >= 15 is 0 Å². The Bertz CT molecular complexity index is 549. The Hall–Kier alpha value is -1.54. The van der Waals surface area contributed by atoms with E-state index in [4.69, 9.17) is 11.6 Å². The van der Waals surface area contributed by atoms with Crippen molar-refractivity contribution in [2.45, 2.75) is 26.3 Å². The maximum Gasteiger partial charge on any atom is 0.128 e. The van der Waals surface area contributed by atoms with Crippen LogP contribution in [-0.2, 0) is 12.4 Å². The number of hydrogen-bond acceptors (Lipinski definition) is 2. The largest absolute Gasteiger partial charge is 0.355 e. The molecule has 1 heterocycles. The van der Waals surface area contributed by atoms with Gasteiger partial charge in [0.1, 0.15) is 5.82 Å².